The Balaban J connectivity index is 2.76. The fraction of sp³-hybridized carbons (Fsp3) is 0.471. The molecule has 0 aliphatic rings. The minimum atomic E-state index is -1.60. The van der Waals surface area contributed by atoms with Gasteiger partial charge in [-0.15, -0.1) is 0 Å². The molecule has 2 amide bonds. The van der Waals surface area contributed by atoms with Gasteiger partial charge >= 0.3 is 5.97 Å². The van der Waals surface area contributed by atoms with Crippen molar-refractivity contribution in [3.05, 3.63) is 29.8 Å². The lowest BCUT2D eigenvalue weighted by atomic mass is 10.0. The summed E-state index contributed by atoms with van der Waals surface area (Å²) >= 11 is 0. The lowest BCUT2D eigenvalue weighted by Gasteiger charge is -2.25. The van der Waals surface area contributed by atoms with Crippen molar-refractivity contribution in [2.75, 3.05) is 0 Å². The highest BCUT2D eigenvalue weighted by Gasteiger charge is 2.32. The van der Waals surface area contributed by atoms with E-state index in [1.165, 1.54) is 26.0 Å². The van der Waals surface area contributed by atoms with E-state index in [1.807, 2.05) is 0 Å². The Bertz CT molecular complexity index is 661. The maximum atomic E-state index is 12.2. The topological polar surface area (TPSA) is 182 Å². The molecular formula is C17H25N3O7. The lowest BCUT2D eigenvalue weighted by Crippen LogP contribution is -2.59. The van der Waals surface area contributed by atoms with E-state index in [0.29, 0.717) is 5.56 Å². The smallest absolute Gasteiger partial charge is 0.328 e. The van der Waals surface area contributed by atoms with Crippen molar-refractivity contribution in [1.82, 2.24) is 10.6 Å². The first-order chi connectivity index (χ1) is 12.5. The summed E-state index contributed by atoms with van der Waals surface area (Å²) in [6, 6.07) is 1.95. The van der Waals surface area contributed by atoms with Crippen molar-refractivity contribution in [2.24, 2.45) is 5.73 Å². The number of nitrogens with one attached hydrogen (secondary N) is 2. The van der Waals surface area contributed by atoms with Crippen LogP contribution >= 0.6 is 0 Å². The second-order valence-corrected chi connectivity index (χ2v) is 6.27. The van der Waals surface area contributed by atoms with Gasteiger partial charge in [0.2, 0.25) is 11.8 Å². The molecule has 10 nitrogen and oxygen atoms in total. The van der Waals surface area contributed by atoms with E-state index in [2.05, 4.69) is 10.6 Å². The Labute approximate surface area is 156 Å². The molecule has 0 heterocycles. The van der Waals surface area contributed by atoms with Crippen LogP contribution in [-0.2, 0) is 20.8 Å². The normalized spacial score (nSPS) is 16.5. The zero-order chi connectivity index (χ0) is 20.7. The van der Waals surface area contributed by atoms with Crippen molar-refractivity contribution in [1.29, 1.82) is 0 Å². The van der Waals surface area contributed by atoms with E-state index in [9.17, 15) is 29.7 Å². The average Bonchev–Trinajstić information content (AvgIpc) is 2.58. The van der Waals surface area contributed by atoms with Crippen LogP contribution < -0.4 is 16.4 Å². The van der Waals surface area contributed by atoms with Gasteiger partial charge in [-0.2, -0.15) is 0 Å². The standard InChI is InChI=1S/C17H25N3O7/c1-8(21)13(16(25)20-14(9(2)22)17(26)27)19-15(24)12(18)7-10-3-5-11(23)6-4-10/h3-6,8-9,12-14,21-23H,7,18H2,1-2H3,(H,19,24)(H,20,25)(H,26,27). The number of aromatic hydroxyl groups is 1. The van der Waals surface area contributed by atoms with Crippen LogP contribution in [0.5, 0.6) is 5.75 Å². The molecule has 0 saturated carbocycles. The number of phenols is 1. The van der Waals surface area contributed by atoms with Gasteiger partial charge in [0, 0.05) is 0 Å². The third kappa shape index (κ3) is 6.85. The van der Waals surface area contributed by atoms with Crippen molar-refractivity contribution in [3.8, 4) is 5.75 Å². The molecule has 0 aliphatic carbocycles. The molecular weight excluding hydrogens is 358 g/mol. The van der Waals surface area contributed by atoms with Gasteiger partial charge in [-0.05, 0) is 38.0 Å². The van der Waals surface area contributed by atoms with Crippen LogP contribution in [0.1, 0.15) is 19.4 Å². The lowest BCUT2D eigenvalue weighted by molar-refractivity contribution is -0.145. The Morgan fingerprint density at radius 1 is 0.963 bits per heavy atom. The predicted octanol–water partition coefficient (Wildman–Crippen LogP) is -1.92. The number of carbonyl (C=O) groups is 3. The zero-order valence-corrected chi connectivity index (χ0v) is 15.0. The maximum Gasteiger partial charge on any atom is 0.328 e. The summed E-state index contributed by atoms with van der Waals surface area (Å²) in [6.07, 6.45) is -2.60. The van der Waals surface area contributed by atoms with Crippen LogP contribution in [-0.4, -0.2) is 68.5 Å². The summed E-state index contributed by atoms with van der Waals surface area (Å²) in [7, 11) is 0. The van der Waals surface area contributed by atoms with Gasteiger partial charge in [0.05, 0.1) is 18.2 Å². The van der Waals surface area contributed by atoms with Crippen molar-refractivity contribution >= 4 is 17.8 Å². The summed E-state index contributed by atoms with van der Waals surface area (Å²) in [5.74, 6) is -3.09. The van der Waals surface area contributed by atoms with Crippen LogP contribution in [0.3, 0.4) is 0 Å². The highest BCUT2D eigenvalue weighted by Crippen LogP contribution is 2.11. The van der Waals surface area contributed by atoms with E-state index in [-0.39, 0.29) is 12.2 Å². The van der Waals surface area contributed by atoms with Crippen LogP contribution in [0.4, 0.5) is 0 Å². The van der Waals surface area contributed by atoms with E-state index >= 15 is 0 Å². The van der Waals surface area contributed by atoms with E-state index < -0.39 is 48.1 Å². The van der Waals surface area contributed by atoms with Gasteiger partial charge in [-0.3, -0.25) is 9.59 Å². The molecule has 0 bridgehead atoms. The molecule has 0 fully saturated rings. The number of rotatable bonds is 9. The third-order valence-corrected chi connectivity index (χ3v) is 3.84. The van der Waals surface area contributed by atoms with Gasteiger partial charge in [-0.1, -0.05) is 12.1 Å². The molecule has 1 aromatic rings. The molecule has 0 aliphatic heterocycles. The molecule has 1 rings (SSSR count). The predicted molar refractivity (Wildman–Crippen MR) is 94.6 cm³/mol. The van der Waals surface area contributed by atoms with Gasteiger partial charge in [0.15, 0.2) is 6.04 Å². The highest BCUT2D eigenvalue weighted by molar-refractivity contribution is 5.92. The number of carboxylic acids is 1. The van der Waals surface area contributed by atoms with Crippen LogP contribution in [0.15, 0.2) is 24.3 Å². The minimum absolute atomic E-state index is 0.0636. The van der Waals surface area contributed by atoms with Gasteiger partial charge in [0.1, 0.15) is 11.8 Å². The second-order valence-electron chi connectivity index (χ2n) is 6.27. The Morgan fingerprint density at radius 2 is 1.44 bits per heavy atom. The van der Waals surface area contributed by atoms with Crippen LogP contribution in [0, 0.1) is 0 Å². The van der Waals surface area contributed by atoms with Crippen molar-refractivity contribution < 1.29 is 34.8 Å². The monoisotopic (exact) mass is 383 g/mol. The number of carbonyl (C=O) groups excluding carboxylic acids is 2. The summed E-state index contributed by atoms with van der Waals surface area (Å²) < 4.78 is 0. The number of benzene rings is 1. The number of phenolic OH excluding ortho intramolecular Hbond substituents is 1. The van der Waals surface area contributed by atoms with Gasteiger partial charge in [-0.25, -0.2) is 4.79 Å². The first-order valence-corrected chi connectivity index (χ1v) is 8.26. The molecule has 8 N–H and O–H groups in total. The number of amides is 2. The molecule has 5 atom stereocenters. The quantitative estimate of drug-likeness (QED) is 0.257. The summed E-state index contributed by atoms with van der Waals surface area (Å²) in [6.45, 7) is 2.43. The molecule has 10 heteroatoms. The first kappa shape index (κ1) is 22.4. The van der Waals surface area contributed by atoms with Gasteiger partial charge in [0.25, 0.3) is 0 Å². The van der Waals surface area contributed by atoms with Gasteiger partial charge < -0.3 is 36.8 Å². The first-order valence-electron chi connectivity index (χ1n) is 8.26. The number of aliphatic carboxylic acids is 1. The van der Waals surface area contributed by atoms with E-state index in [1.54, 1.807) is 12.1 Å². The van der Waals surface area contributed by atoms with Crippen molar-refractivity contribution in [2.45, 2.75) is 50.6 Å². The SMILES string of the molecule is CC(O)C(NC(=O)C(NC(=O)C(N)Cc1ccc(O)cc1)C(C)O)C(=O)O. The Morgan fingerprint density at radius 3 is 1.89 bits per heavy atom. The maximum absolute atomic E-state index is 12.2. The Kier molecular flexibility index (Phi) is 8.16. The van der Waals surface area contributed by atoms with E-state index in [0.717, 1.165) is 0 Å². The number of nitrogens with two attached hydrogens (primary N) is 1. The molecule has 0 saturated heterocycles. The number of hydrogen-bond acceptors (Lipinski definition) is 7. The highest BCUT2D eigenvalue weighted by atomic mass is 16.4. The molecule has 0 spiro atoms. The molecule has 5 unspecified atom stereocenters. The molecule has 150 valence electrons. The number of aliphatic hydroxyl groups is 2. The second kappa shape index (κ2) is 9.86. The average molecular weight is 383 g/mol. The molecule has 1 aromatic carbocycles. The fourth-order valence-electron chi connectivity index (χ4n) is 2.28. The summed E-state index contributed by atoms with van der Waals surface area (Å²) in [4.78, 5) is 35.5. The largest absolute Gasteiger partial charge is 0.508 e. The number of carboxylic acid groups (broad SMARTS) is 1. The molecule has 27 heavy (non-hydrogen) atoms. The number of hydrogen-bond donors (Lipinski definition) is 7. The number of aliphatic hydroxyl groups excluding tert-OH is 2. The third-order valence-electron chi connectivity index (χ3n) is 3.84. The van der Waals surface area contributed by atoms with Crippen LogP contribution in [0.2, 0.25) is 0 Å². The van der Waals surface area contributed by atoms with E-state index in [4.69, 9.17) is 10.8 Å². The Hall–Kier alpha value is -2.69. The fourth-order valence-corrected chi connectivity index (χ4v) is 2.28. The zero-order valence-electron chi connectivity index (χ0n) is 15.0. The molecule has 0 aromatic heterocycles. The summed E-state index contributed by atoms with van der Waals surface area (Å²) in [5.41, 5.74) is 6.49. The minimum Gasteiger partial charge on any atom is -0.508 e. The van der Waals surface area contributed by atoms with Crippen molar-refractivity contribution in [3.63, 3.8) is 0 Å². The molecule has 0 radical (unpaired) electrons. The summed E-state index contributed by atoms with van der Waals surface area (Å²) in [5, 5.41) is 41.8. The van der Waals surface area contributed by atoms with Crippen LogP contribution in [0.25, 0.3) is 0 Å².